The molecule has 0 N–H and O–H groups in total. The fourth-order valence-corrected chi connectivity index (χ4v) is 2.26. The lowest BCUT2D eigenvalue weighted by Crippen LogP contribution is -2.50. The molecule has 17 heavy (non-hydrogen) atoms. The molecule has 1 aromatic rings. The third-order valence-corrected chi connectivity index (χ3v) is 3.47. The van der Waals surface area contributed by atoms with Crippen molar-refractivity contribution in [2.75, 3.05) is 33.7 Å². The van der Waals surface area contributed by atoms with Gasteiger partial charge in [0.15, 0.2) is 11.6 Å². The number of piperazine rings is 1. The number of carbonyl (C=O) groups excluding carboxylic acids is 1. The van der Waals surface area contributed by atoms with Crippen LogP contribution in [0.25, 0.3) is 0 Å². The summed E-state index contributed by atoms with van der Waals surface area (Å²) in [6, 6.07) is 0.304. The molecule has 0 bridgehead atoms. The minimum atomic E-state index is 0.129. The molecule has 1 fully saturated rings. The number of carbonyl (C=O) groups is 1. The molecule has 1 aliphatic heterocycles. The summed E-state index contributed by atoms with van der Waals surface area (Å²) in [7, 11) is 6.05. The maximum absolute atomic E-state index is 12.1. The van der Waals surface area contributed by atoms with Crippen molar-refractivity contribution in [3.05, 3.63) is 18.2 Å². The van der Waals surface area contributed by atoms with Gasteiger partial charge >= 0.3 is 0 Å². The number of hydrogen-bond donors (Lipinski definition) is 0. The molecule has 0 aliphatic carbocycles. The minimum absolute atomic E-state index is 0.129. The summed E-state index contributed by atoms with van der Waals surface area (Å²) in [5.74, 6) is 0.691. The van der Waals surface area contributed by atoms with Crippen molar-refractivity contribution < 1.29 is 4.79 Å². The van der Waals surface area contributed by atoms with Gasteiger partial charge in [-0.2, -0.15) is 0 Å². The first-order valence-electron chi connectivity index (χ1n) is 5.97. The van der Waals surface area contributed by atoms with E-state index in [4.69, 9.17) is 0 Å². The van der Waals surface area contributed by atoms with Gasteiger partial charge in [0.1, 0.15) is 0 Å². The van der Waals surface area contributed by atoms with Crippen molar-refractivity contribution >= 4 is 5.78 Å². The Labute approximate surface area is 102 Å². The van der Waals surface area contributed by atoms with Gasteiger partial charge in [-0.1, -0.05) is 0 Å². The SMILES string of the molecule is CN1CCN(C)C(CC(=O)c2nccn2C)C1. The summed E-state index contributed by atoms with van der Waals surface area (Å²) in [6.45, 7) is 3.05. The second-order valence-corrected chi connectivity index (χ2v) is 4.89. The van der Waals surface area contributed by atoms with E-state index in [1.807, 2.05) is 13.2 Å². The second-order valence-electron chi connectivity index (χ2n) is 4.89. The van der Waals surface area contributed by atoms with Crippen molar-refractivity contribution in [2.24, 2.45) is 7.05 Å². The zero-order valence-electron chi connectivity index (χ0n) is 10.8. The normalized spacial score (nSPS) is 22.9. The molecule has 0 aromatic carbocycles. The van der Waals surface area contributed by atoms with Gasteiger partial charge in [0, 0.05) is 51.5 Å². The van der Waals surface area contributed by atoms with Crippen LogP contribution in [0.1, 0.15) is 17.0 Å². The standard InChI is InChI=1S/C12H20N4O/c1-14-6-7-15(2)10(9-14)8-11(17)12-13-4-5-16(12)3/h4-5,10H,6-9H2,1-3H3. The summed E-state index contributed by atoms with van der Waals surface area (Å²) in [6.07, 6.45) is 4.03. The number of ketones is 1. The summed E-state index contributed by atoms with van der Waals surface area (Å²) in [4.78, 5) is 20.8. The lowest BCUT2D eigenvalue weighted by Gasteiger charge is -2.37. The van der Waals surface area contributed by atoms with E-state index in [-0.39, 0.29) is 5.78 Å². The Bertz CT molecular complexity index is 401. The van der Waals surface area contributed by atoms with Crippen molar-refractivity contribution in [1.82, 2.24) is 19.4 Å². The van der Waals surface area contributed by atoms with Crippen molar-refractivity contribution in [2.45, 2.75) is 12.5 Å². The van der Waals surface area contributed by atoms with Gasteiger partial charge in [-0.15, -0.1) is 0 Å². The van der Waals surface area contributed by atoms with Gasteiger partial charge in [0.05, 0.1) is 0 Å². The van der Waals surface area contributed by atoms with Crippen molar-refractivity contribution in [3.63, 3.8) is 0 Å². The smallest absolute Gasteiger partial charge is 0.199 e. The Morgan fingerprint density at radius 1 is 1.41 bits per heavy atom. The molecule has 1 aromatic heterocycles. The van der Waals surface area contributed by atoms with Gasteiger partial charge in [0.2, 0.25) is 0 Å². The average Bonchev–Trinajstić information content (AvgIpc) is 2.70. The van der Waals surface area contributed by atoms with Crippen LogP contribution in [0.3, 0.4) is 0 Å². The van der Waals surface area contributed by atoms with E-state index in [2.05, 4.69) is 28.9 Å². The number of likely N-dealkylation sites (N-methyl/N-ethyl adjacent to an activating group) is 2. The third-order valence-electron chi connectivity index (χ3n) is 3.47. The predicted octanol–water partition coefficient (Wildman–Crippen LogP) is 0.239. The van der Waals surface area contributed by atoms with Crippen LogP contribution in [0.5, 0.6) is 0 Å². The van der Waals surface area contributed by atoms with Crippen LogP contribution in [-0.4, -0.2) is 64.9 Å². The number of aromatic nitrogens is 2. The van der Waals surface area contributed by atoms with Crippen LogP contribution in [0.2, 0.25) is 0 Å². The summed E-state index contributed by atoms with van der Waals surface area (Å²) >= 11 is 0. The molecule has 94 valence electrons. The molecule has 0 spiro atoms. The predicted molar refractivity (Wildman–Crippen MR) is 66.1 cm³/mol. The zero-order valence-corrected chi connectivity index (χ0v) is 10.8. The molecule has 0 amide bonds. The molecular formula is C12H20N4O. The Balaban J connectivity index is 2.01. The Hall–Kier alpha value is -1.20. The van der Waals surface area contributed by atoms with Crippen LogP contribution in [0.4, 0.5) is 0 Å². The van der Waals surface area contributed by atoms with Crippen LogP contribution >= 0.6 is 0 Å². The Morgan fingerprint density at radius 3 is 2.82 bits per heavy atom. The lowest BCUT2D eigenvalue weighted by atomic mass is 10.1. The molecule has 2 rings (SSSR count). The third kappa shape index (κ3) is 2.73. The van der Waals surface area contributed by atoms with Gasteiger partial charge in [-0.25, -0.2) is 4.98 Å². The van der Waals surface area contributed by atoms with E-state index in [1.165, 1.54) is 0 Å². The number of nitrogens with zero attached hydrogens (tertiary/aromatic N) is 4. The minimum Gasteiger partial charge on any atom is -0.332 e. The van der Waals surface area contributed by atoms with Crippen LogP contribution < -0.4 is 0 Å². The molecule has 1 unspecified atom stereocenters. The second kappa shape index (κ2) is 4.98. The number of hydrogen-bond acceptors (Lipinski definition) is 4. The highest BCUT2D eigenvalue weighted by Crippen LogP contribution is 2.12. The molecule has 0 radical (unpaired) electrons. The monoisotopic (exact) mass is 236 g/mol. The van der Waals surface area contributed by atoms with Gasteiger partial charge in [0.25, 0.3) is 0 Å². The fourth-order valence-electron chi connectivity index (χ4n) is 2.26. The maximum Gasteiger partial charge on any atom is 0.199 e. The topological polar surface area (TPSA) is 41.4 Å². The molecule has 1 saturated heterocycles. The highest BCUT2D eigenvalue weighted by molar-refractivity contribution is 5.93. The number of rotatable bonds is 3. The van der Waals surface area contributed by atoms with E-state index in [9.17, 15) is 4.79 Å². The Morgan fingerprint density at radius 2 is 2.18 bits per heavy atom. The molecule has 1 atom stereocenters. The molecule has 0 saturated carbocycles. The van der Waals surface area contributed by atoms with Gasteiger partial charge in [-0.3, -0.25) is 4.79 Å². The Kier molecular flexibility index (Phi) is 3.59. The molecular weight excluding hydrogens is 216 g/mol. The van der Waals surface area contributed by atoms with Gasteiger partial charge in [-0.05, 0) is 14.1 Å². The highest BCUT2D eigenvalue weighted by atomic mass is 16.1. The molecule has 2 heterocycles. The lowest BCUT2D eigenvalue weighted by molar-refractivity contribution is 0.0799. The van der Waals surface area contributed by atoms with E-state index in [0.29, 0.717) is 18.3 Å². The largest absolute Gasteiger partial charge is 0.332 e. The van der Waals surface area contributed by atoms with Crippen molar-refractivity contribution in [3.8, 4) is 0 Å². The van der Waals surface area contributed by atoms with E-state index in [1.54, 1.807) is 10.8 Å². The van der Waals surface area contributed by atoms with Crippen LogP contribution in [0, 0.1) is 0 Å². The van der Waals surface area contributed by atoms with Gasteiger partial charge < -0.3 is 14.4 Å². The zero-order chi connectivity index (χ0) is 12.4. The van der Waals surface area contributed by atoms with E-state index >= 15 is 0 Å². The summed E-state index contributed by atoms with van der Waals surface area (Å²) in [5, 5.41) is 0. The quantitative estimate of drug-likeness (QED) is 0.705. The average molecular weight is 236 g/mol. The number of imidazole rings is 1. The summed E-state index contributed by atoms with van der Waals surface area (Å²) < 4.78 is 1.79. The highest BCUT2D eigenvalue weighted by Gasteiger charge is 2.25. The first-order valence-corrected chi connectivity index (χ1v) is 5.97. The van der Waals surface area contributed by atoms with E-state index in [0.717, 1.165) is 19.6 Å². The van der Waals surface area contributed by atoms with Crippen LogP contribution in [0.15, 0.2) is 12.4 Å². The van der Waals surface area contributed by atoms with E-state index < -0.39 is 0 Å². The van der Waals surface area contributed by atoms with Crippen LogP contribution in [-0.2, 0) is 7.05 Å². The van der Waals surface area contributed by atoms with Crippen molar-refractivity contribution in [1.29, 1.82) is 0 Å². The molecule has 1 aliphatic rings. The maximum atomic E-state index is 12.1. The fraction of sp³-hybridized carbons (Fsp3) is 0.667. The number of Topliss-reactive ketones (excluding diaryl/α,β-unsaturated/α-hetero) is 1. The molecule has 5 heteroatoms. The summed E-state index contributed by atoms with van der Waals surface area (Å²) in [5.41, 5.74) is 0. The number of aryl methyl sites for hydroxylation is 1. The first-order chi connectivity index (χ1) is 8.08. The molecule has 5 nitrogen and oxygen atoms in total. The first kappa shape index (κ1) is 12.3.